The molecule has 0 aromatic rings. The average Bonchev–Trinajstić information content (AvgIpc) is 2.15. The smallest absolute Gasteiger partial charge is 0.337 e. The van der Waals surface area contributed by atoms with Crippen molar-refractivity contribution < 1.29 is 14.3 Å². The van der Waals surface area contributed by atoms with Gasteiger partial charge in [-0.05, 0) is 6.92 Å². The molecule has 0 fully saturated rings. The van der Waals surface area contributed by atoms with Crippen molar-refractivity contribution in [1.82, 2.24) is 0 Å². The molecule has 0 aromatic carbocycles. The van der Waals surface area contributed by atoms with Crippen molar-refractivity contribution in [3.05, 3.63) is 11.3 Å². The number of carbonyl (C=O) groups is 1. The van der Waals surface area contributed by atoms with Crippen LogP contribution in [0.1, 0.15) is 6.92 Å². The Morgan fingerprint density at radius 2 is 2.33 bits per heavy atom. The Kier molecular flexibility index (Phi) is 1.42. The molecule has 0 aromatic heterocycles. The minimum Gasteiger partial charge on any atom is -0.497 e. The maximum atomic E-state index is 10.6. The number of ether oxygens (including phenoxy) is 2. The summed E-state index contributed by atoms with van der Waals surface area (Å²) >= 11 is 0. The highest BCUT2D eigenvalue weighted by Gasteiger charge is 2.20. The zero-order valence-corrected chi connectivity index (χ0v) is 5.43. The molecular formula is C6H8O3. The number of carbonyl (C=O) groups excluding carboxylic acids is 1. The second-order valence-electron chi connectivity index (χ2n) is 1.83. The normalized spacial score (nSPS) is 18.2. The molecule has 0 radical (unpaired) electrons. The SMILES string of the molecule is COC1=C(C)C(=O)OC1. The summed E-state index contributed by atoms with van der Waals surface area (Å²) in [6.07, 6.45) is 0. The van der Waals surface area contributed by atoms with Crippen LogP contribution in [0.25, 0.3) is 0 Å². The second kappa shape index (κ2) is 2.09. The molecule has 0 spiro atoms. The number of methoxy groups -OCH3 is 1. The Bertz CT molecular complexity index is 169. The van der Waals surface area contributed by atoms with E-state index in [4.69, 9.17) is 4.74 Å². The number of cyclic esters (lactones) is 1. The van der Waals surface area contributed by atoms with Gasteiger partial charge in [-0.2, -0.15) is 0 Å². The largest absolute Gasteiger partial charge is 0.497 e. The summed E-state index contributed by atoms with van der Waals surface area (Å²) in [4.78, 5) is 10.6. The molecule has 0 unspecified atom stereocenters. The van der Waals surface area contributed by atoms with Gasteiger partial charge >= 0.3 is 5.97 Å². The van der Waals surface area contributed by atoms with Crippen molar-refractivity contribution in [3.8, 4) is 0 Å². The molecule has 0 saturated heterocycles. The molecule has 50 valence electrons. The monoisotopic (exact) mass is 128 g/mol. The maximum Gasteiger partial charge on any atom is 0.337 e. The Balaban J connectivity index is 2.79. The maximum absolute atomic E-state index is 10.6. The Labute approximate surface area is 53.3 Å². The van der Waals surface area contributed by atoms with Crippen LogP contribution in [0.4, 0.5) is 0 Å². The van der Waals surface area contributed by atoms with Gasteiger partial charge < -0.3 is 9.47 Å². The summed E-state index contributed by atoms with van der Waals surface area (Å²) in [5.41, 5.74) is 0.581. The van der Waals surface area contributed by atoms with Crippen LogP contribution < -0.4 is 0 Å². The van der Waals surface area contributed by atoms with Crippen LogP contribution >= 0.6 is 0 Å². The third kappa shape index (κ3) is 0.896. The van der Waals surface area contributed by atoms with Crippen molar-refractivity contribution >= 4 is 5.97 Å². The minimum absolute atomic E-state index is 0.271. The number of rotatable bonds is 1. The molecule has 0 bridgehead atoms. The van der Waals surface area contributed by atoms with E-state index >= 15 is 0 Å². The van der Waals surface area contributed by atoms with Crippen molar-refractivity contribution in [2.45, 2.75) is 6.92 Å². The van der Waals surface area contributed by atoms with Gasteiger partial charge in [-0.3, -0.25) is 0 Å². The van der Waals surface area contributed by atoms with Crippen LogP contribution in [0.5, 0.6) is 0 Å². The number of esters is 1. The second-order valence-corrected chi connectivity index (χ2v) is 1.83. The summed E-state index contributed by atoms with van der Waals surface area (Å²) in [6.45, 7) is 1.98. The first-order valence-corrected chi connectivity index (χ1v) is 2.66. The molecular weight excluding hydrogens is 120 g/mol. The molecule has 1 aliphatic rings. The van der Waals surface area contributed by atoms with Gasteiger partial charge in [-0.25, -0.2) is 4.79 Å². The molecule has 1 heterocycles. The van der Waals surface area contributed by atoms with Crippen molar-refractivity contribution in [2.75, 3.05) is 13.7 Å². The number of hydrogen-bond donors (Lipinski definition) is 0. The molecule has 1 aliphatic heterocycles. The van der Waals surface area contributed by atoms with Gasteiger partial charge in [-0.15, -0.1) is 0 Å². The zero-order valence-electron chi connectivity index (χ0n) is 5.43. The van der Waals surface area contributed by atoms with E-state index in [1.54, 1.807) is 6.92 Å². The van der Waals surface area contributed by atoms with Crippen molar-refractivity contribution in [3.63, 3.8) is 0 Å². The van der Waals surface area contributed by atoms with E-state index in [1.807, 2.05) is 0 Å². The van der Waals surface area contributed by atoms with Crippen molar-refractivity contribution in [2.24, 2.45) is 0 Å². The van der Waals surface area contributed by atoms with Crippen molar-refractivity contribution in [1.29, 1.82) is 0 Å². The number of hydrogen-bond acceptors (Lipinski definition) is 3. The lowest BCUT2D eigenvalue weighted by Crippen LogP contribution is -1.94. The first kappa shape index (κ1) is 6.13. The highest BCUT2D eigenvalue weighted by molar-refractivity contribution is 5.90. The predicted octanol–water partition coefficient (Wildman–Crippen LogP) is 0.464. The molecule has 0 amide bonds. The average molecular weight is 128 g/mol. The first-order chi connectivity index (χ1) is 4.25. The standard InChI is InChI=1S/C6H8O3/c1-4-5(8-2)3-9-6(4)7/h3H2,1-2H3. The van der Waals surface area contributed by atoms with Gasteiger partial charge in [0.15, 0.2) is 0 Å². The third-order valence-electron chi connectivity index (χ3n) is 1.31. The topological polar surface area (TPSA) is 35.5 Å². The fourth-order valence-electron chi connectivity index (χ4n) is 0.673. The molecule has 3 nitrogen and oxygen atoms in total. The van der Waals surface area contributed by atoms with Gasteiger partial charge in [0.25, 0.3) is 0 Å². The first-order valence-electron chi connectivity index (χ1n) is 2.66. The molecule has 0 saturated carbocycles. The van der Waals surface area contributed by atoms with E-state index in [0.29, 0.717) is 17.9 Å². The zero-order chi connectivity index (χ0) is 6.85. The Morgan fingerprint density at radius 3 is 2.56 bits per heavy atom. The van der Waals surface area contributed by atoms with E-state index in [1.165, 1.54) is 7.11 Å². The van der Waals surface area contributed by atoms with Crippen LogP contribution in [0.3, 0.4) is 0 Å². The fraction of sp³-hybridized carbons (Fsp3) is 0.500. The van der Waals surface area contributed by atoms with Gasteiger partial charge in [0.1, 0.15) is 12.4 Å². The van der Waals surface area contributed by atoms with Gasteiger partial charge in [0.2, 0.25) is 0 Å². The lowest BCUT2D eigenvalue weighted by atomic mass is 10.3. The minimum atomic E-state index is -0.271. The van der Waals surface area contributed by atoms with Gasteiger partial charge in [0, 0.05) is 0 Å². The molecule has 0 N–H and O–H groups in total. The quantitative estimate of drug-likeness (QED) is 0.481. The van der Waals surface area contributed by atoms with E-state index < -0.39 is 0 Å². The molecule has 0 aliphatic carbocycles. The summed E-state index contributed by atoms with van der Waals surface area (Å²) in [6, 6.07) is 0. The fourth-order valence-corrected chi connectivity index (χ4v) is 0.673. The summed E-state index contributed by atoms with van der Waals surface area (Å²) in [5.74, 6) is 0.367. The van der Waals surface area contributed by atoms with Gasteiger partial charge in [0.05, 0.1) is 12.7 Å². The lowest BCUT2D eigenvalue weighted by molar-refractivity contribution is -0.136. The Morgan fingerprint density at radius 1 is 1.67 bits per heavy atom. The van der Waals surface area contributed by atoms with Crippen LogP contribution in [-0.4, -0.2) is 19.7 Å². The highest BCUT2D eigenvalue weighted by Crippen LogP contribution is 2.14. The molecule has 0 atom stereocenters. The predicted molar refractivity (Wildman–Crippen MR) is 30.7 cm³/mol. The lowest BCUT2D eigenvalue weighted by Gasteiger charge is -1.94. The summed E-state index contributed by atoms with van der Waals surface area (Å²) in [5, 5.41) is 0. The van der Waals surface area contributed by atoms with E-state index in [9.17, 15) is 4.79 Å². The molecule has 9 heavy (non-hydrogen) atoms. The van der Waals surface area contributed by atoms with Crippen LogP contribution in [0, 0.1) is 0 Å². The Hall–Kier alpha value is -0.990. The van der Waals surface area contributed by atoms with E-state index in [0.717, 1.165) is 0 Å². The van der Waals surface area contributed by atoms with Crippen LogP contribution in [0.15, 0.2) is 11.3 Å². The molecule has 3 heteroatoms. The summed E-state index contributed by atoms with van der Waals surface area (Å²) in [7, 11) is 1.53. The molecule has 1 rings (SSSR count). The highest BCUT2D eigenvalue weighted by atomic mass is 16.6. The van der Waals surface area contributed by atoms with Crippen LogP contribution in [-0.2, 0) is 14.3 Å². The summed E-state index contributed by atoms with van der Waals surface area (Å²) < 4.78 is 9.46. The van der Waals surface area contributed by atoms with E-state index in [-0.39, 0.29) is 5.97 Å². The third-order valence-corrected chi connectivity index (χ3v) is 1.31. The van der Waals surface area contributed by atoms with E-state index in [2.05, 4.69) is 4.74 Å². The van der Waals surface area contributed by atoms with Crippen LogP contribution in [0.2, 0.25) is 0 Å². The van der Waals surface area contributed by atoms with Gasteiger partial charge in [-0.1, -0.05) is 0 Å².